The topological polar surface area (TPSA) is 49.3 Å². The van der Waals surface area contributed by atoms with Crippen molar-refractivity contribution in [2.75, 3.05) is 12.4 Å². The highest BCUT2D eigenvalue weighted by Gasteiger charge is 2.30. The van der Waals surface area contributed by atoms with Gasteiger partial charge in [0.25, 0.3) is 0 Å². The number of aliphatic imine (C=N–C) groups is 1. The van der Waals surface area contributed by atoms with Crippen molar-refractivity contribution in [3.8, 4) is 0 Å². The standard InChI is InChI=1S/C17H15ClN4S2/c1-19-17-14(15-11(18)6-9-24-15)21-13(12-5-3-8-23-12)10-4-2-7-20-16(10)22-17/h2-9,14,17,19H,1H3,(H,20,22). The number of hydrogen-bond donors (Lipinski definition) is 2. The first kappa shape index (κ1) is 15.8. The molecule has 122 valence electrons. The summed E-state index contributed by atoms with van der Waals surface area (Å²) >= 11 is 9.71. The molecule has 4 rings (SSSR count). The number of halogens is 1. The van der Waals surface area contributed by atoms with Crippen LogP contribution >= 0.6 is 34.3 Å². The lowest BCUT2D eigenvalue weighted by Gasteiger charge is -2.23. The first-order chi connectivity index (χ1) is 11.8. The number of pyridine rings is 1. The molecule has 2 unspecified atom stereocenters. The summed E-state index contributed by atoms with van der Waals surface area (Å²) in [6.07, 6.45) is 1.70. The van der Waals surface area contributed by atoms with Crippen LogP contribution in [0.1, 0.15) is 21.4 Å². The van der Waals surface area contributed by atoms with Crippen LogP contribution in [0.3, 0.4) is 0 Å². The zero-order valence-electron chi connectivity index (χ0n) is 12.9. The van der Waals surface area contributed by atoms with Crippen LogP contribution in [-0.4, -0.2) is 23.9 Å². The number of likely N-dealkylation sites (N-methyl/N-ethyl adjacent to an activating group) is 1. The Balaban J connectivity index is 1.92. The number of thiophene rings is 2. The minimum Gasteiger partial charge on any atom is -0.352 e. The van der Waals surface area contributed by atoms with E-state index in [1.54, 1.807) is 28.9 Å². The molecule has 0 spiro atoms. The van der Waals surface area contributed by atoms with E-state index in [-0.39, 0.29) is 12.2 Å². The molecule has 3 aromatic rings. The molecule has 1 aliphatic rings. The van der Waals surface area contributed by atoms with E-state index in [2.05, 4.69) is 33.1 Å². The number of nitrogens with zero attached hydrogens (tertiary/aromatic N) is 2. The summed E-state index contributed by atoms with van der Waals surface area (Å²) in [5, 5.41) is 11.6. The first-order valence-corrected chi connectivity index (χ1v) is 9.65. The van der Waals surface area contributed by atoms with Crippen LogP contribution in [0.4, 0.5) is 5.82 Å². The van der Waals surface area contributed by atoms with Gasteiger partial charge >= 0.3 is 0 Å². The van der Waals surface area contributed by atoms with Gasteiger partial charge in [-0.15, -0.1) is 22.7 Å². The maximum absolute atomic E-state index is 6.41. The molecule has 0 bridgehead atoms. The molecule has 1 aliphatic heterocycles. The number of nitrogens with one attached hydrogen (secondary N) is 2. The van der Waals surface area contributed by atoms with Crippen LogP contribution in [0, 0.1) is 0 Å². The third-order valence-electron chi connectivity index (χ3n) is 3.92. The monoisotopic (exact) mass is 374 g/mol. The number of anilines is 1. The molecule has 24 heavy (non-hydrogen) atoms. The SMILES string of the molecule is CNC1Nc2ncccc2C(c2cccs2)=NC1c1sccc1Cl. The Morgan fingerprint density at radius 2 is 2.08 bits per heavy atom. The zero-order chi connectivity index (χ0) is 16.5. The number of aromatic nitrogens is 1. The van der Waals surface area contributed by atoms with E-state index in [9.17, 15) is 0 Å². The van der Waals surface area contributed by atoms with Crippen LogP contribution < -0.4 is 10.6 Å². The predicted octanol–water partition coefficient (Wildman–Crippen LogP) is 4.41. The predicted molar refractivity (Wildman–Crippen MR) is 103 cm³/mol. The van der Waals surface area contributed by atoms with Gasteiger partial charge in [-0.25, -0.2) is 4.98 Å². The maximum Gasteiger partial charge on any atom is 0.136 e. The van der Waals surface area contributed by atoms with Crippen molar-refractivity contribution in [2.45, 2.75) is 12.2 Å². The molecule has 2 atom stereocenters. The van der Waals surface area contributed by atoms with Crippen LogP contribution in [0.5, 0.6) is 0 Å². The summed E-state index contributed by atoms with van der Waals surface area (Å²) in [6, 6.07) is 9.92. The number of hydrogen-bond acceptors (Lipinski definition) is 6. The Kier molecular flexibility index (Phi) is 4.37. The Bertz CT molecular complexity index is 872. The third-order valence-corrected chi connectivity index (χ3v) is 6.22. The highest BCUT2D eigenvalue weighted by Crippen LogP contribution is 2.37. The van der Waals surface area contributed by atoms with Crippen LogP contribution in [0.15, 0.2) is 52.3 Å². The second kappa shape index (κ2) is 6.64. The van der Waals surface area contributed by atoms with Crippen LogP contribution in [-0.2, 0) is 0 Å². The molecule has 0 saturated heterocycles. The van der Waals surface area contributed by atoms with E-state index in [0.717, 1.165) is 31.9 Å². The summed E-state index contributed by atoms with van der Waals surface area (Å²) in [5.41, 5.74) is 1.96. The summed E-state index contributed by atoms with van der Waals surface area (Å²) in [6.45, 7) is 0. The second-order valence-electron chi connectivity index (χ2n) is 5.34. The van der Waals surface area contributed by atoms with E-state index in [1.165, 1.54) is 0 Å². The molecule has 3 aromatic heterocycles. The van der Waals surface area contributed by atoms with E-state index in [0.29, 0.717) is 0 Å². The van der Waals surface area contributed by atoms with Gasteiger partial charge in [0.05, 0.1) is 20.5 Å². The largest absolute Gasteiger partial charge is 0.352 e. The van der Waals surface area contributed by atoms with Gasteiger partial charge in [-0.1, -0.05) is 17.7 Å². The van der Waals surface area contributed by atoms with Gasteiger partial charge in [-0.3, -0.25) is 10.3 Å². The highest BCUT2D eigenvalue weighted by atomic mass is 35.5. The van der Waals surface area contributed by atoms with Gasteiger partial charge in [0, 0.05) is 11.8 Å². The second-order valence-corrected chi connectivity index (χ2v) is 7.65. The van der Waals surface area contributed by atoms with Crippen molar-refractivity contribution in [3.63, 3.8) is 0 Å². The Hall–Kier alpha value is -1.73. The van der Waals surface area contributed by atoms with E-state index in [4.69, 9.17) is 16.6 Å². The average Bonchev–Trinajstić information content (AvgIpc) is 3.24. The lowest BCUT2D eigenvalue weighted by Crippen LogP contribution is -2.38. The van der Waals surface area contributed by atoms with E-state index in [1.807, 2.05) is 30.6 Å². The van der Waals surface area contributed by atoms with Gasteiger partial charge in [-0.05, 0) is 42.1 Å². The lowest BCUT2D eigenvalue weighted by atomic mass is 10.1. The fourth-order valence-corrected chi connectivity index (χ4v) is 4.76. The molecule has 0 saturated carbocycles. The summed E-state index contributed by atoms with van der Waals surface area (Å²) < 4.78 is 0. The fraction of sp³-hybridized carbons (Fsp3) is 0.176. The minimum absolute atomic E-state index is 0.0905. The molecular weight excluding hydrogens is 360 g/mol. The highest BCUT2D eigenvalue weighted by molar-refractivity contribution is 7.12. The molecule has 7 heteroatoms. The van der Waals surface area contributed by atoms with E-state index >= 15 is 0 Å². The van der Waals surface area contributed by atoms with Crippen LogP contribution in [0.25, 0.3) is 0 Å². The molecule has 4 nitrogen and oxygen atoms in total. The number of rotatable bonds is 3. The molecule has 0 amide bonds. The summed E-state index contributed by atoms with van der Waals surface area (Å²) in [7, 11) is 1.92. The Morgan fingerprint density at radius 1 is 1.17 bits per heavy atom. The summed E-state index contributed by atoms with van der Waals surface area (Å²) in [5.74, 6) is 0.833. The molecule has 0 fully saturated rings. The van der Waals surface area contributed by atoms with Crippen molar-refractivity contribution in [2.24, 2.45) is 4.99 Å². The molecule has 4 heterocycles. The van der Waals surface area contributed by atoms with Gasteiger partial charge < -0.3 is 5.32 Å². The normalized spacial score (nSPS) is 20.0. The maximum atomic E-state index is 6.41. The van der Waals surface area contributed by atoms with Crippen molar-refractivity contribution in [1.82, 2.24) is 10.3 Å². The molecular formula is C17H15ClN4S2. The van der Waals surface area contributed by atoms with Gasteiger partial charge in [0.2, 0.25) is 0 Å². The molecule has 0 aromatic carbocycles. The lowest BCUT2D eigenvalue weighted by molar-refractivity contribution is 0.529. The average molecular weight is 375 g/mol. The van der Waals surface area contributed by atoms with Crippen molar-refractivity contribution >= 4 is 45.8 Å². The fourth-order valence-electron chi connectivity index (χ4n) is 2.79. The summed E-state index contributed by atoms with van der Waals surface area (Å²) in [4.78, 5) is 11.8. The molecule has 0 radical (unpaired) electrons. The Morgan fingerprint density at radius 3 is 2.79 bits per heavy atom. The van der Waals surface area contributed by atoms with Crippen molar-refractivity contribution in [1.29, 1.82) is 0 Å². The Labute approximate surface area is 153 Å². The van der Waals surface area contributed by atoms with Gasteiger partial charge in [-0.2, -0.15) is 0 Å². The first-order valence-electron chi connectivity index (χ1n) is 7.51. The quantitative estimate of drug-likeness (QED) is 0.714. The third kappa shape index (κ3) is 2.75. The number of fused-ring (bicyclic) bond motifs is 1. The molecule has 0 aliphatic carbocycles. The minimum atomic E-state index is -0.131. The smallest absolute Gasteiger partial charge is 0.136 e. The van der Waals surface area contributed by atoms with Crippen molar-refractivity contribution < 1.29 is 0 Å². The van der Waals surface area contributed by atoms with Crippen molar-refractivity contribution in [3.05, 3.63) is 67.6 Å². The van der Waals surface area contributed by atoms with Gasteiger partial charge in [0.1, 0.15) is 18.0 Å². The van der Waals surface area contributed by atoms with Gasteiger partial charge in [0.15, 0.2) is 0 Å². The van der Waals surface area contributed by atoms with Crippen LogP contribution in [0.2, 0.25) is 5.02 Å². The zero-order valence-corrected chi connectivity index (χ0v) is 15.3. The van der Waals surface area contributed by atoms with E-state index < -0.39 is 0 Å². The molecule has 2 N–H and O–H groups in total.